The van der Waals surface area contributed by atoms with Gasteiger partial charge >= 0.3 is 0 Å². The first-order valence-corrected chi connectivity index (χ1v) is 11.1. The van der Waals surface area contributed by atoms with Gasteiger partial charge in [-0.25, -0.2) is 9.97 Å². The lowest BCUT2D eigenvalue weighted by molar-refractivity contribution is -0.889. The summed E-state index contributed by atoms with van der Waals surface area (Å²) in [5.41, 5.74) is 12.1. The van der Waals surface area contributed by atoms with Crippen LogP contribution in [0, 0.1) is 0 Å². The number of hydrogen-bond acceptors (Lipinski definition) is 7. The number of nitrogen functional groups attached to an aromatic ring is 2. The average Bonchev–Trinajstić information content (AvgIpc) is 2.76. The number of nitrogens with two attached hydrogens (primary N) is 2. The number of aromatic nitrogens is 2. The first-order chi connectivity index (χ1) is 15.6. The smallest absolute Gasteiger partial charge is 0.273 e. The second kappa shape index (κ2) is 12.2. The maximum atomic E-state index is 12.3. The molecule has 180 valence electrons. The number of ether oxygens (including phenoxy) is 1. The van der Waals surface area contributed by atoms with Crippen LogP contribution in [0.5, 0.6) is 5.75 Å². The molecule has 0 spiro atoms. The van der Waals surface area contributed by atoms with E-state index < -0.39 is 5.91 Å². The maximum Gasteiger partial charge on any atom is 0.273 e. The fraction of sp³-hybridized carbons (Fsp3) is 0.455. The van der Waals surface area contributed by atoms with E-state index in [-0.39, 0.29) is 28.4 Å². The lowest BCUT2D eigenvalue weighted by Crippen LogP contribution is -2.46. The van der Waals surface area contributed by atoms with Gasteiger partial charge in [0.2, 0.25) is 5.91 Å². The van der Waals surface area contributed by atoms with E-state index in [1.807, 2.05) is 24.3 Å². The summed E-state index contributed by atoms with van der Waals surface area (Å²) in [5.74, 6) is 0.257. The lowest BCUT2D eigenvalue weighted by Gasteiger charge is -2.30. The number of methoxy groups -OCH3 is 1. The monoisotopic (exact) mass is 478 g/mol. The Morgan fingerprint density at radius 3 is 2.36 bits per heavy atom. The van der Waals surface area contributed by atoms with Crippen LogP contribution in [0.4, 0.5) is 11.6 Å². The molecule has 2 rings (SSSR count). The van der Waals surface area contributed by atoms with E-state index >= 15 is 0 Å². The number of carbonyl (C=O) groups excluding carboxylic acids is 2. The van der Waals surface area contributed by atoms with E-state index in [2.05, 4.69) is 34.7 Å². The molecule has 2 aromatic rings. The van der Waals surface area contributed by atoms with Crippen molar-refractivity contribution in [2.75, 3.05) is 58.9 Å². The summed E-state index contributed by atoms with van der Waals surface area (Å²) >= 11 is 5.82. The molecule has 1 aromatic carbocycles. The summed E-state index contributed by atoms with van der Waals surface area (Å²) in [5, 5.41) is 5.69. The molecule has 11 heteroatoms. The minimum Gasteiger partial charge on any atom is -0.497 e. The summed E-state index contributed by atoms with van der Waals surface area (Å²) in [7, 11) is 5.78. The van der Waals surface area contributed by atoms with Gasteiger partial charge in [0.05, 0.1) is 47.3 Å². The van der Waals surface area contributed by atoms with Gasteiger partial charge < -0.3 is 31.3 Å². The molecule has 6 N–H and O–H groups in total. The van der Waals surface area contributed by atoms with E-state index in [1.165, 1.54) is 0 Å². The molecule has 0 saturated heterocycles. The SMILES string of the molecule is COc1ccc(CC(=O)NCCCC[N+](C)(C)CCNC(=O)c2nc(Cl)c(N)nc2N)cc1. The molecule has 0 aliphatic heterocycles. The molecule has 33 heavy (non-hydrogen) atoms. The predicted molar refractivity (Wildman–Crippen MR) is 129 cm³/mol. The first-order valence-electron chi connectivity index (χ1n) is 10.7. The number of halogens is 1. The van der Waals surface area contributed by atoms with E-state index in [0.29, 0.717) is 30.5 Å². The van der Waals surface area contributed by atoms with E-state index in [0.717, 1.165) is 30.7 Å². The fourth-order valence-corrected chi connectivity index (χ4v) is 3.29. The van der Waals surface area contributed by atoms with Crippen molar-refractivity contribution >= 4 is 35.1 Å². The molecular formula is C22H33ClN7O3+. The Bertz CT molecular complexity index is 952. The van der Waals surface area contributed by atoms with Crippen LogP contribution in [0.2, 0.25) is 5.15 Å². The molecule has 2 amide bonds. The normalized spacial score (nSPS) is 11.2. The molecule has 0 radical (unpaired) electrons. The highest BCUT2D eigenvalue weighted by Crippen LogP contribution is 2.17. The number of likely N-dealkylation sites (N-methyl/N-ethyl adjacent to an activating group) is 1. The number of carbonyl (C=O) groups is 2. The van der Waals surface area contributed by atoms with Crippen molar-refractivity contribution in [1.29, 1.82) is 0 Å². The molecule has 0 bridgehead atoms. The quantitative estimate of drug-likeness (QED) is 0.265. The van der Waals surface area contributed by atoms with Crippen molar-refractivity contribution in [3.63, 3.8) is 0 Å². The number of rotatable bonds is 12. The molecule has 1 heterocycles. The van der Waals surface area contributed by atoms with Crippen LogP contribution < -0.4 is 26.8 Å². The van der Waals surface area contributed by atoms with Gasteiger partial charge in [0, 0.05) is 6.54 Å². The van der Waals surface area contributed by atoms with Crippen molar-refractivity contribution in [2.45, 2.75) is 19.3 Å². The number of nitrogens with one attached hydrogen (secondary N) is 2. The number of hydrogen-bond donors (Lipinski definition) is 4. The van der Waals surface area contributed by atoms with Crippen molar-refractivity contribution in [1.82, 2.24) is 20.6 Å². The summed E-state index contributed by atoms with van der Waals surface area (Å²) in [6.07, 6.45) is 2.16. The maximum absolute atomic E-state index is 12.3. The van der Waals surface area contributed by atoms with Crippen LogP contribution >= 0.6 is 11.6 Å². The summed E-state index contributed by atoms with van der Waals surface area (Å²) in [6, 6.07) is 7.47. The third kappa shape index (κ3) is 8.74. The average molecular weight is 479 g/mol. The zero-order valence-electron chi connectivity index (χ0n) is 19.4. The highest BCUT2D eigenvalue weighted by atomic mass is 35.5. The minimum atomic E-state index is -0.443. The molecule has 10 nitrogen and oxygen atoms in total. The van der Waals surface area contributed by atoms with E-state index in [4.69, 9.17) is 27.8 Å². The molecule has 0 aliphatic rings. The van der Waals surface area contributed by atoms with Crippen LogP contribution in [-0.4, -0.2) is 73.6 Å². The van der Waals surface area contributed by atoms with Gasteiger partial charge in [-0.3, -0.25) is 9.59 Å². The largest absolute Gasteiger partial charge is 0.497 e. The molecular weight excluding hydrogens is 446 g/mol. The van der Waals surface area contributed by atoms with Crippen LogP contribution in [-0.2, 0) is 11.2 Å². The highest BCUT2D eigenvalue weighted by Gasteiger charge is 2.18. The van der Waals surface area contributed by atoms with Crippen LogP contribution in [0.25, 0.3) is 0 Å². The van der Waals surface area contributed by atoms with E-state index in [1.54, 1.807) is 7.11 Å². The number of benzene rings is 1. The van der Waals surface area contributed by atoms with Gasteiger partial charge in [-0.15, -0.1) is 0 Å². The van der Waals surface area contributed by atoms with Gasteiger partial charge in [-0.1, -0.05) is 23.7 Å². The van der Waals surface area contributed by atoms with Crippen LogP contribution in [0.15, 0.2) is 24.3 Å². The van der Waals surface area contributed by atoms with Gasteiger partial charge in [-0.2, -0.15) is 0 Å². The molecule has 0 fully saturated rings. The lowest BCUT2D eigenvalue weighted by atomic mass is 10.1. The molecule has 0 saturated carbocycles. The third-order valence-corrected chi connectivity index (χ3v) is 5.44. The number of quaternary nitrogens is 1. The fourth-order valence-electron chi connectivity index (χ4n) is 3.16. The third-order valence-electron chi connectivity index (χ3n) is 5.16. The predicted octanol–water partition coefficient (Wildman–Crippen LogP) is 1.25. The summed E-state index contributed by atoms with van der Waals surface area (Å²) in [6.45, 7) is 2.68. The number of anilines is 2. The van der Waals surface area contributed by atoms with E-state index in [9.17, 15) is 9.59 Å². The Hall–Kier alpha value is -3.11. The molecule has 1 aromatic heterocycles. The Balaban J connectivity index is 1.63. The Morgan fingerprint density at radius 1 is 1.00 bits per heavy atom. The van der Waals surface area contributed by atoms with Gasteiger partial charge in [0.15, 0.2) is 22.5 Å². The number of nitrogens with zero attached hydrogens (tertiary/aromatic N) is 3. The van der Waals surface area contributed by atoms with Gasteiger partial charge in [-0.05, 0) is 30.5 Å². The standard InChI is InChI=1S/C22H32ClN7O3/c1-30(2,13-11-27-22(32)18-20(24)29-21(25)19(23)28-18)12-5-4-10-26-17(31)14-15-6-8-16(33-3)9-7-15/h6-9H,4-5,10-14H2,1-3H3,(H5-,24,25,26,27,29,31,32)/p+1. The van der Waals surface area contributed by atoms with Crippen molar-refractivity contribution < 1.29 is 18.8 Å². The summed E-state index contributed by atoms with van der Waals surface area (Å²) in [4.78, 5) is 32.1. The topological polar surface area (TPSA) is 145 Å². The summed E-state index contributed by atoms with van der Waals surface area (Å²) < 4.78 is 5.83. The van der Waals surface area contributed by atoms with Crippen molar-refractivity contribution in [3.05, 3.63) is 40.7 Å². The number of amides is 2. The number of unbranched alkanes of at least 4 members (excludes halogenated alkanes) is 1. The second-order valence-corrected chi connectivity index (χ2v) is 8.71. The van der Waals surface area contributed by atoms with Crippen LogP contribution in [0.3, 0.4) is 0 Å². The van der Waals surface area contributed by atoms with Crippen molar-refractivity contribution in [3.8, 4) is 5.75 Å². The zero-order valence-corrected chi connectivity index (χ0v) is 20.1. The van der Waals surface area contributed by atoms with Gasteiger partial charge in [0.1, 0.15) is 5.75 Å². The molecule has 0 aliphatic carbocycles. The molecule has 0 unspecified atom stereocenters. The Labute approximate surface area is 199 Å². The van der Waals surface area contributed by atoms with Crippen LogP contribution in [0.1, 0.15) is 28.9 Å². The zero-order chi connectivity index (χ0) is 24.4. The first kappa shape index (κ1) is 26.1. The van der Waals surface area contributed by atoms with Gasteiger partial charge in [0.25, 0.3) is 5.91 Å². The van der Waals surface area contributed by atoms with Crippen molar-refractivity contribution in [2.24, 2.45) is 0 Å². The molecule has 0 atom stereocenters. The second-order valence-electron chi connectivity index (χ2n) is 8.35. The Kier molecular flexibility index (Phi) is 9.68. The minimum absolute atomic E-state index is 0.00164. The highest BCUT2D eigenvalue weighted by molar-refractivity contribution is 6.31. The Morgan fingerprint density at radius 2 is 1.70 bits per heavy atom.